The van der Waals surface area contributed by atoms with E-state index in [1.54, 1.807) is 7.05 Å². The van der Waals surface area contributed by atoms with Crippen molar-refractivity contribution in [1.29, 1.82) is 0 Å². The van der Waals surface area contributed by atoms with Crippen LogP contribution in [0.15, 0.2) is 0 Å². The third kappa shape index (κ3) is 9.73. The average Bonchev–Trinajstić information content (AvgIpc) is 2.26. The average molecular weight is 232 g/mol. The Labute approximate surface area is 97.9 Å². The lowest BCUT2D eigenvalue weighted by molar-refractivity contribution is 0.108. The first kappa shape index (κ1) is 15.2. The molecule has 0 aliphatic carbocycles. The Morgan fingerprint density at radius 2 is 1.75 bits per heavy atom. The Morgan fingerprint density at radius 1 is 1.12 bits per heavy atom. The van der Waals surface area contributed by atoms with E-state index in [1.165, 1.54) is 4.90 Å². The summed E-state index contributed by atoms with van der Waals surface area (Å²) in [5.74, 6) is 0. The molecule has 0 atom stereocenters. The van der Waals surface area contributed by atoms with Crippen LogP contribution in [0.4, 0.5) is 4.79 Å². The molecular weight excluding hydrogens is 208 g/mol. The van der Waals surface area contributed by atoms with Gasteiger partial charge in [0.15, 0.2) is 0 Å². The molecule has 0 saturated heterocycles. The minimum Gasteiger partial charge on any atom is -0.382 e. The standard InChI is InChI=1S/C11H24N2O3/c1-3-15-8-5-4-6-9-16-10-7-13(2)11(12)14/h3-10H2,1-2H3,(H2,12,14). The van der Waals surface area contributed by atoms with Gasteiger partial charge >= 0.3 is 6.03 Å². The second-order valence-electron chi connectivity index (χ2n) is 3.63. The molecule has 0 bridgehead atoms. The van der Waals surface area contributed by atoms with Crippen LogP contribution < -0.4 is 5.73 Å². The molecule has 0 aromatic heterocycles. The Morgan fingerprint density at radius 3 is 2.31 bits per heavy atom. The van der Waals surface area contributed by atoms with Crippen molar-refractivity contribution in [2.24, 2.45) is 5.73 Å². The number of nitrogens with zero attached hydrogens (tertiary/aromatic N) is 1. The molecule has 2 amide bonds. The van der Waals surface area contributed by atoms with Crippen molar-refractivity contribution in [3.63, 3.8) is 0 Å². The van der Waals surface area contributed by atoms with Gasteiger partial charge in [-0.25, -0.2) is 4.79 Å². The fourth-order valence-corrected chi connectivity index (χ4v) is 1.14. The van der Waals surface area contributed by atoms with Gasteiger partial charge in [-0.2, -0.15) is 0 Å². The quantitative estimate of drug-likeness (QED) is 0.576. The number of likely N-dealkylation sites (N-methyl/N-ethyl adjacent to an activating group) is 1. The fourth-order valence-electron chi connectivity index (χ4n) is 1.14. The van der Waals surface area contributed by atoms with Crippen molar-refractivity contribution in [2.45, 2.75) is 26.2 Å². The highest BCUT2D eigenvalue weighted by atomic mass is 16.5. The topological polar surface area (TPSA) is 64.8 Å². The van der Waals surface area contributed by atoms with Crippen LogP contribution in [0.2, 0.25) is 0 Å². The highest BCUT2D eigenvalue weighted by Gasteiger charge is 2.01. The van der Waals surface area contributed by atoms with Gasteiger partial charge in [-0.3, -0.25) is 0 Å². The molecule has 0 rings (SSSR count). The number of nitrogens with two attached hydrogens (primary N) is 1. The summed E-state index contributed by atoms with van der Waals surface area (Å²) in [5.41, 5.74) is 5.06. The second kappa shape index (κ2) is 10.7. The number of amides is 2. The zero-order valence-electron chi connectivity index (χ0n) is 10.4. The maximum Gasteiger partial charge on any atom is 0.314 e. The molecule has 5 nitrogen and oxygen atoms in total. The van der Waals surface area contributed by atoms with Crippen molar-refractivity contribution < 1.29 is 14.3 Å². The van der Waals surface area contributed by atoms with Crippen molar-refractivity contribution in [3.05, 3.63) is 0 Å². The van der Waals surface area contributed by atoms with E-state index in [0.29, 0.717) is 13.2 Å². The first-order valence-electron chi connectivity index (χ1n) is 5.84. The Bertz CT molecular complexity index is 177. The second-order valence-corrected chi connectivity index (χ2v) is 3.63. The summed E-state index contributed by atoms with van der Waals surface area (Å²) in [6.07, 6.45) is 3.23. The van der Waals surface area contributed by atoms with Gasteiger partial charge in [0.05, 0.1) is 6.61 Å². The van der Waals surface area contributed by atoms with E-state index in [2.05, 4.69) is 0 Å². The molecule has 0 spiro atoms. The van der Waals surface area contributed by atoms with Gasteiger partial charge in [-0.05, 0) is 26.2 Å². The molecule has 16 heavy (non-hydrogen) atoms. The summed E-state index contributed by atoms with van der Waals surface area (Å²) in [5, 5.41) is 0. The zero-order chi connectivity index (χ0) is 12.2. The zero-order valence-corrected chi connectivity index (χ0v) is 10.4. The molecule has 5 heteroatoms. The SMILES string of the molecule is CCOCCCCCOCCN(C)C(N)=O. The van der Waals surface area contributed by atoms with Crippen LogP contribution in [0.25, 0.3) is 0 Å². The molecular formula is C11H24N2O3. The molecule has 0 unspecified atom stereocenters. The monoisotopic (exact) mass is 232 g/mol. The molecule has 0 aromatic rings. The van der Waals surface area contributed by atoms with E-state index < -0.39 is 6.03 Å². The highest BCUT2D eigenvalue weighted by Crippen LogP contribution is 1.96. The van der Waals surface area contributed by atoms with E-state index in [9.17, 15) is 4.79 Å². The van der Waals surface area contributed by atoms with Crippen LogP contribution in [0.3, 0.4) is 0 Å². The predicted molar refractivity (Wildman–Crippen MR) is 63.4 cm³/mol. The minimum atomic E-state index is -0.416. The van der Waals surface area contributed by atoms with Crippen molar-refractivity contribution in [1.82, 2.24) is 4.90 Å². The summed E-state index contributed by atoms with van der Waals surface area (Å²) in [6.45, 7) is 5.45. The van der Waals surface area contributed by atoms with E-state index in [4.69, 9.17) is 15.2 Å². The number of carbonyl (C=O) groups excluding carboxylic acids is 1. The summed E-state index contributed by atoms with van der Waals surface area (Å²) in [7, 11) is 1.66. The molecule has 2 N–H and O–H groups in total. The van der Waals surface area contributed by atoms with Gasteiger partial charge < -0.3 is 20.1 Å². The number of hydrogen-bond donors (Lipinski definition) is 1. The molecule has 0 radical (unpaired) electrons. The largest absolute Gasteiger partial charge is 0.382 e. The normalized spacial score (nSPS) is 10.4. The van der Waals surface area contributed by atoms with E-state index >= 15 is 0 Å². The molecule has 0 heterocycles. The van der Waals surface area contributed by atoms with Crippen molar-refractivity contribution >= 4 is 6.03 Å². The number of unbranched alkanes of at least 4 members (excludes halogenated alkanes) is 2. The first-order chi connectivity index (χ1) is 7.68. The van der Waals surface area contributed by atoms with Gasteiger partial charge in [0, 0.05) is 33.4 Å². The lowest BCUT2D eigenvalue weighted by atomic mass is 10.2. The number of primary amides is 1. The molecule has 96 valence electrons. The van der Waals surface area contributed by atoms with Gasteiger partial charge in [0.25, 0.3) is 0 Å². The highest BCUT2D eigenvalue weighted by molar-refractivity contribution is 5.71. The van der Waals surface area contributed by atoms with Crippen LogP contribution >= 0.6 is 0 Å². The summed E-state index contributed by atoms with van der Waals surface area (Å²) in [4.78, 5) is 12.1. The third-order valence-electron chi connectivity index (χ3n) is 2.23. The summed E-state index contributed by atoms with van der Waals surface area (Å²) in [6, 6.07) is -0.416. The van der Waals surface area contributed by atoms with E-state index in [1.807, 2.05) is 6.92 Å². The maximum atomic E-state index is 10.6. The third-order valence-corrected chi connectivity index (χ3v) is 2.23. The van der Waals surface area contributed by atoms with E-state index in [-0.39, 0.29) is 0 Å². The summed E-state index contributed by atoms with van der Waals surface area (Å²) >= 11 is 0. The van der Waals surface area contributed by atoms with Gasteiger partial charge in [-0.15, -0.1) is 0 Å². The van der Waals surface area contributed by atoms with E-state index in [0.717, 1.165) is 39.1 Å². The number of hydrogen-bond acceptors (Lipinski definition) is 3. The van der Waals surface area contributed by atoms with Gasteiger partial charge in [-0.1, -0.05) is 0 Å². The molecule has 0 aliphatic heterocycles. The van der Waals surface area contributed by atoms with Crippen LogP contribution in [0.5, 0.6) is 0 Å². The fraction of sp³-hybridized carbons (Fsp3) is 0.909. The Kier molecular flexibility index (Phi) is 10.2. The lowest BCUT2D eigenvalue weighted by Gasteiger charge is -2.13. The van der Waals surface area contributed by atoms with Crippen molar-refractivity contribution in [3.8, 4) is 0 Å². The number of urea groups is 1. The lowest BCUT2D eigenvalue weighted by Crippen LogP contribution is -2.34. The van der Waals surface area contributed by atoms with Crippen LogP contribution in [0.1, 0.15) is 26.2 Å². The predicted octanol–water partition coefficient (Wildman–Crippen LogP) is 1.22. The number of ether oxygens (including phenoxy) is 2. The van der Waals surface area contributed by atoms with Gasteiger partial charge in [0.1, 0.15) is 0 Å². The smallest absolute Gasteiger partial charge is 0.314 e. The maximum absolute atomic E-state index is 10.6. The summed E-state index contributed by atoms with van der Waals surface area (Å²) < 4.78 is 10.6. The van der Waals surface area contributed by atoms with Gasteiger partial charge in [0.2, 0.25) is 0 Å². The molecule has 0 fully saturated rings. The Hall–Kier alpha value is -0.810. The number of carbonyl (C=O) groups is 1. The van der Waals surface area contributed by atoms with Crippen LogP contribution in [-0.2, 0) is 9.47 Å². The molecule has 0 aliphatic rings. The number of rotatable bonds is 10. The van der Waals surface area contributed by atoms with Crippen molar-refractivity contribution in [2.75, 3.05) is 40.0 Å². The molecule has 0 saturated carbocycles. The first-order valence-corrected chi connectivity index (χ1v) is 5.84. The van der Waals surface area contributed by atoms with Crippen LogP contribution in [-0.4, -0.2) is 51.0 Å². The van der Waals surface area contributed by atoms with Crippen LogP contribution in [0, 0.1) is 0 Å². The minimum absolute atomic E-state index is 0.416. The Balaban J connectivity index is 3.07. The molecule has 0 aromatic carbocycles.